The second kappa shape index (κ2) is 32.0. The lowest BCUT2D eigenvalue weighted by Gasteiger charge is -2.15. The molecule has 4 aromatic carbocycles. The maximum absolute atomic E-state index is 13.5. The lowest BCUT2D eigenvalue weighted by atomic mass is 10.2. The fourth-order valence-corrected chi connectivity index (χ4v) is 7.14. The summed E-state index contributed by atoms with van der Waals surface area (Å²) < 4.78 is 22.8. The highest BCUT2D eigenvalue weighted by Crippen LogP contribution is 2.22. The number of nitro benzene ring substituents is 4. The van der Waals surface area contributed by atoms with Gasteiger partial charge in [-0.15, -0.1) is 0 Å². The zero-order chi connectivity index (χ0) is 62.1. The van der Waals surface area contributed by atoms with Crippen molar-refractivity contribution in [3.05, 3.63) is 185 Å². The number of benzene rings is 4. The second-order valence-corrected chi connectivity index (χ2v) is 18.0. The number of rotatable bonds is 23. The van der Waals surface area contributed by atoms with Gasteiger partial charge in [-0.3, -0.25) is 103 Å². The molecular formula is C48H44N18O16S4. The van der Waals surface area contributed by atoms with Gasteiger partial charge in [0.1, 0.15) is 24.6 Å². The van der Waals surface area contributed by atoms with Crippen LogP contribution in [0.2, 0.25) is 0 Å². The standard InChI is InChI=1S/C48H44N18O16S4/c67-41(55-59-45(83)49-27-1-9-31(10-2-27)63(71)72)35-17-19-37(39(53-35)43(69)57-61-47(85)51-29-5-13-33(14-6-29)65(75)76)81-25-23-79-21-22-80-24-26-82-38-20-18-36(42(68)56-60-46(84)50-28-3-11-32(12-4-28)64(73)74)54-40(38)44(70)58-62-48(86)52-30-7-15-34(16-8-30)66(77)78/h1-20H,21-26H2,(H,55,67)(H,56,68)(H,57,69)(H,58,70)(H2,49,59,83)(H2,50,60,84)(H2,51,61,85)(H2,52,62,86). The molecule has 0 unspecified atom stereocenters. The lowest BCUT2D eigenvalue weighted by molar-refractivity contribution is -0.385. The first-order valence-electron chi connectivity index (χ1n) is 24.1. The Morgan fingerprint density at radius 1 is 0.349 bits per heavy atom. The summed E-state index contributed by atoms with van der Waals surface area (Å²) in [6.07, 6.45) is 0. The smallest absolute Gasteiger partial charge is 0.292 e. The van der Waals surface area contributed by atoms with E-state index in [0.29, 0.717) is 22.7 Å². The van der Waals surface area contributed by atoms with E-state index in [1.165, 1.54) is 121 Å². The van der Waals surface area contributed by atoms with Crippen LogP contribution in [0, 0.1) is 40.5 Å². The van der Waals surface area contributed by atoms with Crippen molar-refractivity contribution in [2.75, 3.05) is 60.9 Å². The van der Waals surface area contributed by atoms with Gasteiger partial charge in [0.05, 0.1) is 46.1 Å². The van der Waals surface area contributed by atoms with Gasteiger partial charge in [-0.2, -0.15) is 0 Å². The maximum atomic E-state index is 13.5. The number of amides is 4. The average Bonchev–Trinajstić information content (AvgIpc) is 2.26. The average molecular weight is 1260 g/mol. The number of aromatic nitrogens is 2. The van der Waals surface area contributed by atoms with E-state index >= 15 is 0 Å². The Morgan fingerprint density at radius 2 is 0.593 bits per heavy atom. The molecule has 2 aromatic heterocycles. The molecule has 446 valence electrons. The summed E-state index contributed by atoms with van der Waals surface area (Å²) in [6, 6.07) is 26.2. The predicted octanol–water partition coefficient (Wildman–Crippen LogP) is 4.13. The van der Waals surface area contributed by atoms with Crippen LogP contribution in [0.5, 0.6) is 11.5 Å². The molecular weight excluding hydrogens is 1210 g/mol. The third-order valence-corrected chi connectivity index (χ3v) is 11.3. The summed E-state index contributed by atoms with van der Waals surface area (Å²) in [4.78, 5) is 103. The molecule has 0 spiro atoms. The number of nitrogens with zero attached hydrogens (tertiary/aromatic N) is 6. The van der Waals surface area contributed by atoms with Gasteiger partial charge >= 0.3 is 0 Å². The van der Waals surface area contributed by atoms with Crippen LogP contribution in [-0.4, -0.2) is 113 Å². The van der Waals surface area contributed by atoms with Gasteiger partial charge in [0, 0.05) is 71.3 Å². The SMILES string of the molecule is O=C(NNC(=S)Nc1ccc([N+](=O)[O-])cc1)c1ccc(OCCOCCOCCOc2ccc(C(=O)NNC(=S)Nc3ccc([N+](=O)[O-])cc3)nc2C(=O)NNC(=S)Nc2ccc([N+](=O)[O-])cc2)c(C(=O)NNC(=S)Nc2ccc([N+](=O)[O-])cc2)n1. The number of thiocarbonyl (C=S) groups is 4. The quantitative estimate of drug-likeness (QED) is 0.0186. The number of hydrogen-bond acceptors (Lipinski definition) is 22. The van der Waals surface area contributed by atoms with E-state index in [4.69, 9.17) is 67.8 Å². The number of nitrogens with one attached hydrogen (secondary N) is 12. The Kier molecular flexibility index (Phi) is 23.8. The summed E-state index contributed by atoms with van der Waals surface area (Å²) >= 11 is 20.9. The van der Waals surface area contributed by atoms with E-state index in [9.17, 15) is 59.6 Å². The summed E-state index contributed by atoms with van der Waals surface area (Å²) in [5.74, 6) is -3.74. The van der Waals surface area contributed by atoms with Crippen molar-refractivity contribution in [1.29, 1.82) is 0 Å². The fraction of sp³-hybridized carbons (Fsp3) is 0.125. The summed E-state index contributed by atoms with van der Waals surface area (Å²) in [5, 5.41) is 54.5. The third kappa shape index (κ3) is 20.4. The van der Waals surface area contributed by atoms with Crippen molar-refractivity contribution in [2.45, 2.75) is 0 Å². The lowest BCUT2D eigenvalue weighted by Crippen LogP contribution is -2.45. The van der Waals surface area contributed by atoms with Crippen LogP contribution < -0.4 is 74.1 Å². The number of ether oxygens (including phenoxy) is 4. The Hall–Kier alpha value is -11.1. The van der Waals surface area contributed by atoms with E-state index < -0.39 is 54.7 Å². The molecule has 0 bridgehead atoms. The van der Waals surface area contributed by atoms with Crippen LogP contribution in [-0.2, 0) is 9.47 Å². The monoisotopic (exact) mass is 1260 g/mol. The van der Waals surface area contributed by atoms with Gasteiger partial charge in [-0.25, -0.2) is 9.97 Å². The number of anilines is 4. The van der Waals surface area contributed by atoms with Crippen LogP contribution in [0.25, 0.3) is 0 Å². The minimum absolute atomic E-state index is 0.0322. The normalized spacial score (nSPS) is 10.3. The third-order valence-electron chi connectivity index (χ3n) is 10.5. The van der Waals surface area contributed by atoms with E-state index in [0.717, 1.165) is 0 Å². The molecule has 0 atom stereocenters. The van der Waals surface area contributed by atoms with Crippen LogP contribution in [0.4, 0.5) is 45.5 Å². The van der Waals surface area contributed by atoms with Crippen LogP contribution in [0.1, 0.15) is 42.0 Å². The number of carbonyl (C=O) groups is 4. The first kappa shape index (κ1) is 64.1. The molecule has 4 amide bonds. The summed E-state index contributed by atoms with van der Waals surface area (Å²) in [7, 11) is 0. The molecule has 12 N–H and O–H groups in total. The number of pyridine rings is 2. The summed E-state index contributed by atoms with van der Waals surface area (Å²) in [5.41, 5.74) is 18.6. The molecule has 34 nitrogen and oxygen atoms in total. The zero-order valence-corrected chi connectivity index (χ0v) is 46.9. The number of carbonyl (C=O) groups excluding carboxylic acids is 4. The highest BCUT2D eigenvalue weighted by Gasteiger charge is 2.22. The molecule has 38 heteroatoms. The van der Waals surface area contributed by atoms with E-state index in [2.05, 4.69) is 74.6 Å². The van der Waals surface area contributed by atoms with E-state index in [-0.39, 0.29) is 106 Å². The first-order valence-corrected chi connectivity index (χ1v) is 25.8. The Labute approximate surface area is 504 Å². The Balaban J connectivity index is 0.999. The topological polar surface area (TPSA) is 448 Å². The molecule has 0 fully saturated rings. The van der Waals surface area contributed by atoms with Gasteiger partial charge in [0.25, 0.3) is 46.4 Å². The van der Waals surface area contributed by atoms with E-state index in [1.54, 1.807) is 0 Å². The van der Waals surface area contributed by atoms with Gasteiger partial charge in [-0.1, -0.05) is 0 Å². The van der Waals surface area contributed by atoms with Crippen molar-refractivity contribution < 1.29 is 57.8 Å². The predicted molar refractivity (Wildman–Crippen MR) is 321 cm³/mol. The molecule has 0 radical (unpaired) electrons. The fourth-order valence-electron chi connectivity index (χ4n) is 6.46. The van der Waals surface area contributed by atoms with Crippen molar-refractivity contribution in [1.82, 2.24) is 53.4 Å². The molecule has 0 aliphatic rings. The first-order chi connectivity index (χ1) is 41.2. The molecule has 6 rings (SSSR count). The highest BCUT2D eigenvalue weighted by molar-refractivity contribution is 7.81. The maximum Gasteiger partial charge on any atom is 0.292 e. The Morgan fingerprint density at radius 3 is 0.849 bits per heavy atom. The van der Waals surface area contributed by atoms with Gasteiger partial charge in [0.2, 0.25) is 0 Å². The summed E-state index contributed by atoms with van der Waals surface area (Å²) in [6.45, 7) is -0.315. The van der Waals surface area contributed by atoms with Gasteiger partial charge in [0.15, 0.2) is 43.3 Å². The van der Waals surface area contributed by atoms with Crippen molar-refractivity contribution in [2.24, 2.45) is 0 Å². The van der Waals surface area contributed by atoms with Gasteiger partial charge < -0.3 is 40.2 Å². The number of non-ortho nitro benzene ring substituents is 4. The molecule has 6 aromatic rings. The van der Waals surface area contributed by atoms with Crippen molar-refractivity contribution in [3.8, 4) is 11.5 Å². The van der Waals surface area contributed by atoms with E-state index in [1.807, 2.05) is 0 Å². The molecule has 0 aliphatic carbocycles. The van der Waals surface area contributed by atoms with Crippen LogP contribution in [0.3, 0.4) is 0 Å². The number of nitro groups is 4. The largest absolute Gasteiger partial charge is 0.489 e. The highest BCUT2D eigenvalue weighted by atomic mass is 32.1. The molecule has 0 saturated carbocycles. The minimum Gasteiger partial charge on any atom is -0.489 e. The van der Waals surface area contributed by atoms with Crippen molar-refractivity contribution >= 4 is 138 Å². The zero-order valence-electron chi connectivity index (χ0n) is 43.6. The molecule has 0 aliphatic heterocycles. The van der Waals surface area contributed by atoms with Crippen LogP contribution >= 0.6 is 48.9 Å². The molecule has 2 heterocycles. The number of hydrogen-bond donors (Lipinski definition) is 12. The minimum atomic E-state index is -0.923. The van der Waals surface area contributed by atoms with Crippen LogP contribution in [0.15, 0.2) is 121 Å². The van der Waals surface area contributed by atoms with Gasteiger partial charge in [-0.05, 0) is 122 Å². The van der Waals surface area contributed by atoms with Crippen molar-refractivity contribution in [3.63, 3.8) is 0 Å². The second-order valence-electron chi connectivity index (χ2n) is 16.4. The molecule has 86 heavy (non-hydrogen) atoms. The molecule has 0 saturated heterocycles. The number of hydrazine groups is 4. The Bertz CT molecular complexity index is 3310.